The molecule has 0 amide bonds. The van der Waals surface area contributed by atoms with E-state index < -0.39 is 12.1 Å². The first-order valence-electron chi connectivity index (χ1n) is 4.66. The van der Waals surface area contributed by atoms with Crippen molar-refractivity contribution in [2.75, 3.05) is 13.1 Å². The zero-order valence-electron chi connectivity index (χ0n) is 8.21. The maximum Gasteiger partial charge on any atom is 0.394 e. The fraction of sp³-hybridized carbons (Fsp3) is 0.667. The van der Waals surface area contributed by atoms with Crippen LogP contribution in [0.25, 0.3) is 0 Å². The Morgan fingerprint density at radius 1 is 1.53 bits per heavy atom. The smallest absolute Gasteiger partial charge is 0.360 e. The Balaban J connectivity index is 1.81. The second kappa shape index (κ2) is 3.52. The molecular weight excluding hydrogens is 209 g/mol. The number of aromatic nitrogens is 1. The molecule has 1 aliphatic heterocycles. The van der Waals surface area contributed by atoms with Crippen LogP contribution in [-0.2, 0) is 6.54 Å². The summed E-state index contributed by atoms with van der Waals surface area (Å²) in [4.78, 5) is 1.69. The lowest BCUT2D eigenvalue weighted by Crippen LogP contribution is -2.52. The van der Waals surface area contributed by atoms with Gasteiger partial charge >= 0.3 is 6.18 Å². The number of nitrogens with zero attached hydrogens (tertiary/aromatic N) is 2. The van der Waals surface area contributed by atoms with Gasteiger partial charge in [-0.2, -0.15) is 13.2 Å². The largest absolute Gasteiger partial charge is 0.394 e. The molecule has 1 fully saturated rings. The molecule has 0 aliphatic carbocycles. The third kappa shape index (κ3) is 2.31. The zero-order valence-corrected chi connectivity index (χ0v) is 8.21. The van der Waals surface area contributed by atoms with E-state index in [4.69, 9.17) is 4.52 Å². The van der Waals surface area contributed by atoms with E-state index in [1.807, 2.05) is 0 Å². The standard InChI is InChI=1S/C9H11F3N2O/c1-6-2-8(15-13-6)5-14-3-7(4-14)9(10,11)12/h2,7H,3-5H2,1H3. The molecule has 0 atom stereocenters. The molecule has 2 heterocycles. The minimum absolute atomic E-state index is 0.0588. The molecule has 1 aromatic heterocycles. The van der Waals surface area contributed by atoms with Crippen molar-refractivity contribution in [2.24, 2.45) is 5.92 Å². The van der Waals surface area contributed by atoms with E-state index in [9.17, 15) is 13.2 Å². The van der Waals surface area contributed by atoms with Crippen molar-refractivity contribution in [1.29, 1.82) is 0 Å². The van der Waals surface area contributed by atoms with Crippen LogP contribution in [0.1, 0.15) is 11.5 Å². The lowest BCUT2D eigenvalue weighted by Gasteiger charge is -2.39. The minimum atomic E-state index is -4.06. The molecule has 0 N–H and O–H groups in total. The SMILES string of the molecule is Cc1cc(CN2CC(C(F)(F)F)C2)on1. The quantitative estimate of drug-likeness (QED) is 0.763. The summed E-state index contributed by atoms with van der Waals surface area (Å²) in [5.74, 6) is -0.561. The lowest BCUT2D eigenvalue weighted by atomic mass is 10.00. The van der Waals surface area contributed by atoms with Gasteiger partial charge in [-0.3, -0.25) is 4.90 Å². The maximum atomic E-state index is 12.2. The van der Waals surface area contributed by atoms with Crippen molar-refractivity contribution in [3.05, 3.63) is 17.5 Å². The van der Waals surface area contributed by atoms with E-state index in [-0.39, 0.29) is 13.1 Å². The molecule has 6 heteroatoms. The first kappa shape index (κ1) is 10.5. The highest BCUT2D eigenvalue weighted by Gasteiger charge is 2.47. The van der Waals surface area contributed by atoms with E-state index in [1.165, 1.54) is 0 Å². The van der Waals surface area contributed by atoms with Gasteiger partial charge in [0.1, 0.15) is 0 Å². The van der Waals surface area contributed by atoms with E-state index in [2.05, 4.69) is 5.16 Å². The van der Waals surface area contributed by atoms with Gasteiger partial charge in [0.05, 0.1) is 18.2 Å². The van der Waals surface area contributed by atoms with E-state index in [0.717, 1.165) is 5.69 Å². The van der Waals surface area contributed by atoms with Crippen LogP contribution < -0.4 is 0 Å². The molecule has 0 radical (unpaired) electrons. The van der Waals surface area contributed by atoms with Gasteiger partial charge in [-0.1, -0.05) is 5.16 Å². The highest BCUT2D eigenvalue weighted by atomic mass is 19.4. The molecule has 1 aliphatic rings. The molecule has 0 unspecified atom stereocenters. The number of hydrogen-bond acceptors (Lipinski definition) is 3. The van der Waals surface area contributed by atoms with Crippen LogP contribution in [0.3, 0.4) is 0 Å². The maximum absolute atomic E-state index is 12.2. The molecule has 0 aromatic carbocycles. The van der Waals surface area contributed by atoms with Crippen LogP contribution in [0.4, 0.5) is 13.2 Å². The monoisotopic (exact) mass is 220 g/mol. The second-order valence-electron chi connectivity index (χ2n) is 3.87. The predicted octanol–water partition coefficient (Wildman–Crippen LogP) is 1.98. The Labute approximate surface area is 84.8 Å². The van der Waals surface area contributed by atoms with E-state index in [0.29, 0.717) is 12.3 Å². The molecule has 1 saturated heterocycles. The van der Waals surface area contributed by atoms with Crippen LogP contribution in [-0.4, -0.2) is 29.3 Å². The number of likely N-dealkylation sites (tertiary alicyclic amines) is 1. The first-order valence-corrected chi connectivity index (χ1v) is 4.66. The number of hydrogen-bond donors (Lipinski definition) is 0. The van der Waals surface area contributed by atoms with Crippen LogP contribution in [0.2, 0.25) is 0 Å². The Kier molecular flexibility index (Phi) is 2.46. The summed E-state index contributed by atoms with van der Waals surface area (Å²) in [5, 5.41) is 3.67. The van der Waals surface area contributed by atoms with Gasteiger partial charge in [0.15, 0.2) is 5.76 Å². The predicted molar refractivity (Wildman–Crippen MR) is 46.1 cm³/mol. The van der Waals surface area contributed by atoms with Gasteiger partial charge in [0.25, 0.3) is 0 Å². The number of halogens is 3. The van der Waals surface area contributed by atoms with Crippen molar-refractivity contribution in [2.45, 2.75) is 19.6 Å². The Hall–Kier alpha value is -1.04. The second-order valence-corrected chi connectivity index (χ2v) is 3.87. The van der Waals surface area contributed by atoms with Gasteiger partial charge in [0.2, 0.25) is 0 Å². The van der Waals surface area contributed by atoms with Gasteiger partial charge < -0.3 is 4.52 Å². The van der Waals surface area contributed by atoms with E-state index in [1.54, 1.807) is 17.9 Å². The number of alkyl halides is 3. The molecule has 15 heavy (non-hydrogen) atoms. The summed E-state index contributed by atoms with van der Waals surface area (Å²) in [7, 11) is 0. The average molecular weight is 220 g/mol. The topological polar surface area (TPSA) is 29.3 Å². The normalized spacial score (nSPS) is 19.2. The molecular formula is C9H11F3N2O. The van der Waals surface area contributed by atoms with Gasteiger partial charge in [0, 0.05) is 19.2 Å². The number of aryl methyl sites for hydroxylation is 1. The third-order valence-electron chi connectivity index (χ3n) is 2.48. The fourth-order valence-electron chi connectivity index (χ4n) is 1.62. The van der Waals surface area contributed by atoms with Crippen LogP contribution in [0, 0.1) is 12.8 Å². The summed E-state index contributed by atoms with van der Waals surface area (Å²) in [5.41, 5.74) is 0.748. The Bertz CT molecular complexity index is 341. The molecule has 2 rings (SSSR count). The molecule has 0 saturated carbocycles. The molecule has 0 bridgehead atoms. The minimum Gasteiger partial charge on any atom is -0.360 e. The van der Waals surface area contributed by atoms with Crippen LogP contribution in [0.15, 0.2) is 10.6 Å². The molecule has 0 spiro atoms. The fourth-order valence-corrected chi connectivity index (χ4v) is 1.62. The highest BCUT2D eigenvalue weighted by molar-refractivity contribution is 5.03. The summed E-state index contributed by atoms with van der Waals surface area (Å²) in [6.45, 7) is 2.31. The lowest BCUT2D eigenvalue weighted by molar-refractivity contribution is -0.210. The van der Waals surface area contributed by atoms with E-state index >= 15 is 0 Å². The summed E-state index contributed by atoms with van der Waals surface area (Å²) in [6.07, 6.45) is -4.06. The van der Waals surface area contributed by atoms with Gasteiger partial charge in [-0.25, -0.2) is 0 Å². The van der Waals surface area contributed by atoms with Crippen LogP contribution in [0.5, 0.6) is 0 Å². The van der Waals surface area contributed by atoms with Crippen molar-refractivity contribution >= 4 is 0 Å². The molecule has 3 nitrogen and oxygen atoms in total. The van der Waals surface area contributed by atoms with Gasteiger partial charge in [-0.05, 0) is 6.92 Å². The van der Waals surface area contributed by atoms with Crippen molar-refractivity contribution in [1.82, 2.24) is 10.1 Å². The molecule has 84 valence electrons. The van der Waals surface area contributed by atoms with Crippen molar-refractivity contribution < 1.29 is 17.7 Å². The average Bonchev–Trinajstić information content (AvgIpc) is 2.40. The number of rotatable bonds is 2. The van der Waals surface area contributed by atoms with Crippen LogP contribution >= 0.6 is 0 Å². The summed E-state index contributed by atoms with van der Waals surface area (Å²) < 4.78 is 41.4. The van der Waals surface area contributed by atoms with Gasteiger partial charge in [-0.15, -0.1) is 0 Å². The highest BCUT2D eigenvalue weighted by Crippen LogP contribution is 2.34. The summed E-state index contributed by atoms with van der Waals surface area (Å²) >= 11 is 0. The summed E-state index contributed by atoms with van der Waals surface area (Å²) in [6, 6.07) is 1.74. The third-order valence-corrected chi connectivity index (χ3v) is 2.48. The van der Waals surface area contributed by atoms with Crippen molar-refractivity contribution in [3.63, 3.8) is 0 Å². The Morgan fingerprint density at radius 2 is 2.20 bits per heavy atom. The molecule has 1 aromatic rings. The Morgan fingerprint density at radius 3 is 2.67 bits per heavy atom. The zero-order chi connectivity index (χ0) is 11.1. The van der Waals surface area contributed by atoms with Crippen molar-refractivity contribution in [3.8, 4) is 0 Å². The first-order chi connectivity index (χ1) is 6.95.